The lowest BCUT2D eigenvalue weighted by atomic mass is 9.84. The van der Waals surface area contributed by atoms with Crippen molar-refractivity contribution in [3.63, 3.8) is 0 Å². The second kappa shape index (κ2) is 11.2. The number of fused-ring (bicyclic) bond motifs is 1. The Bertz CT molecular complexity index is 1230. The zero-order valence-corrected chi connectivity index (χ0v) is 21.5. The summed E-state index contributed by atoms with van der Waals surface area (Å²) in [6.45, 7) is 1.91. The molecule has 0 radical (unpaired) electrons. The number of hydrogen-bond acceptors (Lipinski definition) is 8. The highest BCUT2D eigenvalue weighted by atomic mass is 19.3. The van der Waals surface area contributed by atoms with Crippen LogP contribution in [0.15, 0.2) is 36.4 Å². The first kappa shape index (κ1) is 27.1. The molecule has 0 spiro atoms. The number of nitrogens with one attached hydrogen (secondary N) is 1. The van der Waals surface area contributed by atoms with Gasteiger partial charge in [0.15, 0.2) is 5.82 Å². The SMILES string of the molecule is COCC(F)(F)c1cccc([C@@H](C)Nc2nc(CO)nc3cc(OC)c(C4(OC)CCOCC4)cc23)c1. The van der Waals surface area contributed by atoms with E-state index in [1.54, 1.807) is 26.4 Å². The van der Waals surface area contributed by atoms with Crippen molar-refractivity contribution < 1.29 is 32.8 Å². The summed E-state index contributed by atoms with van der Waals surface area (Å²) in [6.07, 6.45) is 1.31. The number of anilines is 1. The Labute approximate surface area is 214 Å². The van der Waals surface area contributed by atoms with Crippen LogP contribution in [0.3, 0.4) is 0 Å². The predicted molar refractivity (Wildman–Crippen MR) is 135 cm³/mol. The van der Waals surface area contributed by atoms with Crippen molar-refractivity contribution in [2.24, 2.45) is 0 Å². The first-order valence-corrected chi connectivity index (χ1v) is 12.1. The van der Waals surface area contributed by atoms with Crippen LogP contribution in [0.1, 0.15) is 48.3 Å². The minimum Gasteiger partial charge on any atom is -0.496 e. The fourth-order valence-electron chi connectivity index (χ4n) is 4.78. The van der Waals surface area contributed by atoms with E-state index in [0.717, 1.165) is 5.56 Å². The standard InChI is InChI=1S/C27H33F2N3O5/c1-17(18-6-5-7-19(12-18)27(28,29)16-34-2)30-25-20-13-21(26(36-4)8-10-37-11-9-26)23(35-3)14-22(20)31-24(15-33)32-25/h5-7,12-14,17,33H,8-11,15-16H2,1-4H3,(H,30,31,32)/t17-/m1/s1. The van der Waals surface area contributed by atoms with E-state index in [1.165, 1.54) is 19.2 Å². The normalized spacial score (nSPS) is 16.5. The van der Waals surface area contributed by atoms with Crippen molar-refractivity contribution >= 4 is 16.7 Å². The minimum atomic E-state index is -3.11. The number of ether oxygens (including phenoxy) is 4. The van der Waals surface area contributed by atoms with E-state index in [2.05, 4.69) is 15.3 Å². The first-order valence-electron chi connectivity index (χ1n) is 12.1. The highest BCUT2D eigenvalue weighted by molar-refractivity contribution is 5.91. The van der Waals surface area contributed by atoms with Gasteiger partial charge < -0.3 is 29.4 Å². The largest absolute Gasteiger partial charge is 0.496 e. The van der Waals surface area contributed by atoms with Gasteiger partial charge in [-0.05, 0) is 24.6 Å². The van der Waals surface area contributed by atoms with Crippen LogP contribution in [0.25, 0.3) is 10.9 Å². The van der Waals surface area contributed by atoms with Gasteiger partial charge in [0, 0.05) is 68.9 Å². The van der Waals surface area contributed by atoms with E-state index in [0.29, 0.717) is 54.1 Å². The molecule has 4 rings (SSSR count). The molecule has 200 valence electrons. The summed E-state index contributed by atoms with van der Waals surface area (Å²) in [7, 11) is 4.52. The van der Waals surface area contributed by atoms with Gasteiger partial charge in [-0.25, -0.2) is 9.97 Å². The summed E-state index contributed by atoms with van der Waals surface area (Å²) in [5.74, 6) is -1.80. The lowest BCUT2D eigenvalue weighted by Gasteiger charge is -2.37. The van der Waals surface area contributed by atoms with Crippen LogP contribution in [0.5, 0.6) is 5.75 Å². The molecule has 1 aromatic heterocycles. The van der Waals surface area contributed by atoms with Gasteiger partial charge in [0.2, 0.25) is 0 Å². The summed E-state index contributed by atoms with van der Waals surface area (Å²) in [5.41, 5.74) is 1.35. The lowest BCUT2D eigenvalue weighted by Crippen LogP contribution is -2.36. The second-order valence-corrected chi connectivity index (χ2v) is 9.16. The molecule has 1 saturated heterocycles. The number of methoxy groups -OCH3 is 3. The summed E-state index contributed by atoms with van der Waals surface area (Å²) in [6, 6.07) is 9.59. The topological polar surface area (TPSA) is 95.0 Å². The Balaban J connectivity index is 1.78. The fourth-order valence-corrected chi connectivity index (χ4v) is 4.78. The molecule has 10 heteroatoms. The molecule has 0 amide bonds. The van der Waals surface area contributed by atoms with Gasteiger partial charge in [-0.3, -0.25) is 0 Å². The smallest absolute Gasteiger partial charge is 0.296 e. The Kier molecular flexibility index (Phi) is 8.23. The molecule has 2 N–H and O–H groups in total. The number of aliphatic hydroxyl groups is 1. The third-order valence-electron chi connectivity index (χ3n) is 6.87. The zero-order chi connectivity index (χ0) is 26.6. The summed E-state index contributed by atoms with van der Waals surface area (Å²) < 4.78 is 50.9. The summed E-state index contributed by atoms with van der Waals surface area (Å²) in [5, 5.41) is 13.8. The molecule has 8 nitrogen and oxygen atoms in total. The number of hydrogen-bond donors (Lipinski definition) is 2. The second-order valence-electron chi connectivity index (χ2n) is 9.16. The number of aromatic nitrogens is 2. The monoisotopic (exact) mass is 517 g/mol. The quantitative estimate of drug-likeness (QED) is 0.400. The number of aliphatic hydroxyl groups excluding tert-OH is 1. The van der Waals surface area contributed by atoms with Crippen molar-refractivity contribution in [1.82, 2.24) is 9.97 Å². The molecular weight excluding hydrogens is 484 g/mol. The highest BCUT2D eigenvalue weighted by Crippen LogP contribution is 2.43. The van der Waals surface area contributed by atoms with Gasteiger partial charge in [0.05, 0.1) is 12.6 Å². The van der Waals surface area contributed by atoms with Crippen molar-refractivity contribution in [3.8, 4) is 5.75 Å². The van der Waals surface area contributed by atoms with E-state index >= 15 is 0 Å². The molecule has 2 aromatic carbocycles. The predicted octanol–water partition coefficient (Wildman–Crippen LogP) is 4.69. The minimum absolute atomic E-state index is 0.127. The molecule has 37 heavy (non-hydrogen) atoms. The maximum Gasteiger partial charge on any atom is 0.296 e. The van der Waals surface area contributed by atoms with Gasteiger partial charge in [0.25, 0.3) is 5.92 Å². The van der Waals surface area contributed by atoms with Crippen LogP contribution >= 0.6 is 0 Å². The van der Waals surface area contributed by atoms with Gasteiger partial charge in [-0.15, -0.1) is 0 Å². The summed E-state index contributed by atoms with van der Waals surface area (Å²) in [4.78, 5) is 9.01. The molecule has 1 fully saturated rings. The lowest BCUT2D eigenvalue weighted by molar-refractivity contribution is -0.0956. The number of benzene rings is 2. The number of nitrogens with zero attached hydrogens (tertiary/aromatic N) is 2. The van der Waals surface area contributed by atoms with Gasteiger partial charge in [-0.2, -0.15) is 8.78 Å². The molecule has 0 unspecified atom stereocenters. The average Bonchev–Trinajstić information content (AvgIpc) is 2.92. The van der Waals surface area contributed by atoms with Crippen LogP contribution in [0.4, 0.5) is 14.6 Å². The zero-order valence-electron chi connectivity index (χ0n) is 21.5. The number of rotatable bonds is 10. The maximum atomic E-state index is 14.5. The third-order valence-corrected chi connectivity index (χ3v) is 6.87. The van der Waals surface area contributed by atoms with Crippen molar-refractivity contribution in [1.29, 1.82) is 0 Å². The third kappa shape index (κ3) is 5.52. The Morgan fingerprint density at radius 3 is 2.54 bits per heavy atom. The average molecular weight is 518 g/mol. The molecule has 0 bridgehead atoms. The van der Waals surface area contributed by atoms with Gasteiger partial charge in [-0.1, -0.05) is 18.2 Å². The molecular formula is C27H33F2N3O5. The molecule has 1 aliphatic heterocycles. The van der Waals surface area contributed by atoms with Crippen LogP contribution < -0.4 is 10.1 Å². The highest BCUT2D eigenvalue weighted by Gasteiger charge is 2.38. The van der Waals surface area contributed by atoms with E-state index in [4.69, 9.17) is 18.9 Å². The molecule has 0 aliphatic carbocycles. The Morgan fingerprint density at radius 2 is 1.89 bits per heavy atom. The molecule has 1 aliphatic rings. The van der Waals surface area contributed by atoms with Crippen LogP contribution in [0.2, 0.25) is 0 Å². The maximum absolute atomic E-state index is 14.5. The molecule has 3 aromatic rings. The van der Waals surface area contributed by atoms with Gasteiger partial charge in [0.1, 0.15) is 30.4 Å². The Hall–Kier alpha value is -2.92. The molecule has 0 saturated carbocycles. The fraction of sp³-hybridized carbons (Fsp3) is 0.481. The first-order chi connectivity index (χ1) is 17.8. The van der Waals surface area contributed by atoms with Crippen LogP contribution in [-0.2, 0) is 32.3 Å². The van der Waals surface area contributed by atoms with E-state index in [1.807, 2.05) is 19.1 Å². The van der Waals surface area contributed by atoms with Crippen molar-refractivity contribution in [3.05, 3.63) is 58.9 Å². The van der Waals surface area contributed by atoms with Crippen LogP contribution in [0, 0.1) is 0 Å². The van der Waals surface area contributed by atoms with E-state index in [-0.39, 0.29) is 24.0 Å². The molecule has 1 atom stereocenters. The summed E-state index contributed by atoms with van der Waals surface area (Å²) >= 11 is 0. The van der Waals surface area contributed by atoms with Crippen LogP contribution in [-0.4, -0.2) is 56.2 Å². The number of alkyl halides is 2. The number of halogens is 2. The van der Waals surface area contributed by atoms with Crippen molar-refractivity contribution in [2.45, 2.75) is 43.9 Å². The van der Waals surface area contributed by atoms with Gasteiger partial charge >= 0.3 is 0 Å². The Morgan fingerprint density at radius 1 is 1.14 bits per heavy atom. The van der Waals surface area contributed by atoms with E-state index < -0.39 is 18.1 Å². The van der Waals surface area contributed by atoms with E-state index in [9.17, 15) is 13.9 Å². The van der Waals surface area contributed by atoms with Crippen molar-refractivity contribution in [2.75, 3.05) is 46.5 Å². The molecule has 2 heterocycles.